The molecule has 0 unspecified atom stereocenters. The Kier molecular flexibility index (Phi) is 6.32. The number of aromatic nitrogens is 3. The van der Waals surface area contributed by atoms with Crippen LogP contribution in [0.4, 0.5) is 10.7 Å². The second-order valence-corrected chi connectivity index (χ2v) is 9.23. The van der Waals surface area contributed by atoms with Gasteiger partial charge in [0.25, 0.3) is 11.1 Å². The molecule has 1 aromatic carbocycles. The number of carbonyl (C=O) groups is 2. The summed E-state index contributed by atoms with van der Waals surface area (Å²) in [5.74, 6) is 0.155. The molecule has 5 rings (SSSR count). The van der Waals surface area contributed by atoms with Gasteiger partial charge in [0.15, 0.2) is 0 Å². The molecule has 0 atom stereocenters. The van der Waals surface area contributed by atoms with Crippen molar-refractivity contribution in [2.75, 3.05) is 5.32 Å². The minimum absolute atomic E-state index is 0.304. The summed E-state index contributed by atoms with van der Waals surface area (Å²) >= 11 is 0.884. The van der Waals surface area contributed by atoms with Gasteiger partial charge in [-0.05, 0) is 67.3 Å². The maximum Gasteiger partial charge on any atom is 0.290 e. The van der Waals surface area contributed by atoms with Crippen molar-refractivity contribution in [2.24, 2.45) is 0 Å². The molecule has 0 spiro atoms. The molecule has 3 N–H and O–H groups in total. The zero-order valence-electron chi connectivity index (χ0n) is 18.0. The van der Waals surface area contributed by atoms with Gasteiger partial charge in [-0.2, -0.15) is 0 Å². The summed E-state index contributed by atoms with van der Waals surface area (Å²) in [7, 11) is 0. The summed E-state index contributed by atoms with van der Waals surface area (Å²) in [4.78, 5) is 36.7. The smallest absolute Gasteiger partial charge is 0.290 e. The highest BCUT2D eigenvalue weighted by Crippen LogP contribution is 2.26. The fourth-order valence-electron chi connectivity index (χ4n) is 4.28. The Balaban J connectivity index is 1.14. The summed E-state index contributed by atoms with van der Waals surface area (Å²) in [6, 6.07) is 12.9. The van der Waals surface area contributed by atoms with Crippen molar-refractivity contribution in [2.45, 2.75) is 44.3 Å². The number of imide groups is 1. The third-order valence-electron chi connectivity index (χ3n) is 5.98. The van der Waals surface area contributed by atoms with Gasteiger partial charge in [-0.15, -0.1) is 0 Å². The number of fused-ring (bicyclic) bond motifs is 1. The Hall–Kier alpha value is -3.30. The third kappa shape index (κ3) is 5.20. The Morgan fingerprint density at radius 2 is 1.85 bits per heavy atom. The lowest BCUT2D eigenvalue weighted by molar-refractivity contribution is -0.115. The van der Waals surface area contributed by atoms with Crippen LogP contribution in [0.15, 0.2) is 53.7 Å². The minimum atomic E-state index is -0.385. The first-order valence-corrected chi connectivity index (χ1v) is 11.9. The molecule has 1 saturated carbocycles. The number of benzene rings is 1. The van der Waals surface area contributed by atoms with Crippen molar-refractivity contribution >= 4 is 45.8 Å². The Labute approximate surface area is 195 Å². The number of thioether (sulfide) groups is 1. The van der Waals surface area contributed by atoms with E-state index in [-0.39, 0.29) is 11.1 Å². The van der Waals surface area contributed by atoms with E-state index in [1.165, 1.54) is 10.9 Å². The first-order valence-electron chi connectivity index (χ1n) is 11.0. The molecule has 168 valence electrons. The quantitative estimate of drug-likeness (QED) is 0.476. The lowest BCUT2D eigenvalue weighted by atomic mass is 9.91. The lowest BCUT2D eigenvalue weighted by Crippen LogP contribution is -2.36. The molecule has 1 aliphatic heterocycles. The van der Waals surface area contributed by atoms with Crippen molar-refractivity contribution in [3.63, 3.8) is 0 Å². The van der Waals surface area contributed by atoms with Crippen LogP contribution in [0.5, 0.6) is 0 Å². The van der Waals surface area contributed by atoms with Crippen molar-refractivity contribution in [1.29, 1.82) is 0 Å². The topological polar surface area (TPSA) is 109 Å². The van der Waals surface area contributed by atoms with Crippen molar-refractivity contribution in [3.8, 4) is 0 Å². The first kappa shape index (κ1) is 21.5. The highest BCUT2D eigenvalue weighted by atomic mass is 32.2. The summed E-state index contributed by atoms with van der Waals surface area (Å²) in [5, 5.41) is 10.2. The number of rotatable bonds is 6. The van der Waals surface area contributed by atoms with Crippen LogP contribution in [0.3, 0.4) is 0 Å². The van der Waals surface area contributed by atoms with Crippen LogP contribution in [0, 0.1) is 0 Å². The van der Waals surface area contributed by atoms with Gasteiger partial charge < -0.3 is 10.6 Å². The van der Waals surface area contributed by atoms with Gasteiger partial charge in [0.05, 0.1) is 16.1 Å². The normalized spacial score (nSPS) is 22.0. The number of amides is 2. The zero-order valence-corrected chi connectivity index (χ0v) is 18.8. The summed E-state index contributed by atoms with van der Waals surface area (Å²) in [6.45, 7) is 0.833. The third-order valence-corrected chi connectivity index (χ3v) is 6.79. The van der Waals surface area contributed by atoms with E-state index < -0.39 is 0 Å². The molecule has 9 heteroatoms. The van der Waals surface area contributed by atoms with Crippen LogP contribution >= 0.6 is 11.8 Å². The van der Waals surface area contributed by atoms with Gasteiger partial charge >= 0.3 is 0 Å². The summed E-state index contributed by atoms with van der Waals surface area (Å²) in [6.07, 6.45) is 9.29. The second-order valence-electron chi connectivity index (χ2n) is 8.22. The molecule has 33 heavy (non-hydrogen) atoms. The van der Waals surface area contributed by atoms with Crippen LogP contribution in [0.25, 0.3) is 17.0 Å². The molecule has 2 aliphatic rings. The van der Waals surface area contributed by atoms with E-state index in [1.807, 2.05) is 18.3 Å². The van der Waals surface area contributed by atoms with Gasteiger partial charge in [-0.25, -0.2) is 9.97 Å². The van der Waals surface area contributed by atoms with E-state index in [1.54, 1.807) is 18.3 Å². The molecule has 3 heterocycles. The molecular formula is C24H24N6O2S. The summed E-state index contributed by atoms with van der Waals surface area (Å²) < 4.78 is 0. The molecule has 2 fully saturated rings. The number of hydrogen-bond acceptors (Lipinski definition) is 8. The van der Waals surface area contributed by atoms with E-state index in [0.29, 0.717) is 28.6 Å². The maximum absolute atomic E-state index is 11.7. The maximum atomic E-state index is 11.7. The van der Waals surface area contributed by atoms with E-state index in [0.717, 1.165) is 49.5 Å². The molecule has 8 nitrogen and oxygen atoms in total. The molecule has 2 amide bonds. The second kappa shape index (κ2) is 9.68. The fourth-order valence-corrected chi connectivity index (χ4v) is 4.94. The Morgan fingerprint density at radius 1 is 1.00 bits per heavy atom. The predicted molar refractivity (Wildman–Crippen MR) is 129 cm³/mol. The molecule has 2 aromatic heterocycles. The summed E-state index contributed by atoms with van der Waals surface area (Å²) in [5.41, 5.74) is 2.90. The first-order chi connectivity index (χ1) is 16.1. The molecule has 0 bridgehead atoms. The van der Waals surface area contributed by atoms with Crippen LogP contribution in [0.2, 0.25) is 0 Å². The molecule has 3 aromatic rings. The van der Waals surface area contributed by atoms with Gasteiger partial charge in [0.1, 0.15) is 0 Å². The number of nitrogens with zero attached hydrogens (tertiary/aromatic N) is 3. The van der Waals surface area contributed by atoms with Crippen LogP contribution in [0.1, 0.15) is 36.9 Å². The minimum Gasteiger partial charge on any atom is -0.351 e. The molecule has 1 saturated heterocycles. The highest BCUT2D eigenvalue weighted by Gasteiger charge is 2.25. The SMILES string of the molecule is O=C1NC(=O)C(=Cc2ccnc(N[C@H]3CC[C@H](NCc4cccc5ncccc45)CC3)n2)S1. The molecule has 0 radical (unpaired) electrons. The number of pyridine rings is 1. The van der Waals surface area contributed by atoms with Crippen molar-refractivity contribution in [1.82, 2.24) is 25.6 Å². The highest BCUT2D eigenvalue weighted by molar-refractivity contribution is 8.18. The van der Waals surface area contributed by atoms with Gasteiger partial charge in [0.2, 0.25) is 5.95 Å². The van der Waals surface area contributed by atoms with Crippen LogP contribution < -0.4 is 16.0 Å². The standard InChI is InChI=1S/C24H24N6O2S/c31-22-21(33-24(32)30-22)13-18-10-12-26-23(29-18)28-17-8-6-16(7-9-17)27-14-15-3-1-5-20-19(15)4-2-11-25-20/h1-5,10-13,16-17,27H,6-9,14H2,(H,26,28,29)(H,30,31,32)/t16-,17-. The number of nitrogens with one attached hydrogen (secondary N) is 3. The number of anilines is 1. The molecule has 1 aliphatic carbocycles. The van der Waals surface area contributed by atoms with E-state index >= 15 is 0 Å². The van der Waals surface area contributed by atoms with E-state index in [9.17, 15) is 9.59 Å². The monoisotopic (exact) mass is 460 g/mol. The number of carbonyl (C=O) groups excluding carboxylic acids is 2. The van der Waals surface area contributed by atoms with Gasteiger partial charge in [0, 0.05) is 36.4 Å². The van der Waals surface area contributed by atoms with Gasteiger partial charge in [-0.1, -0.05) is 18.2 Å². The molecular weight excluding hydrogens is 436 g/mol. The number of hydrogen-bond donors (Lipinski definition) is 3. The fraction of sp³-hybridized carbons (Fsp3) is 0.292. The van der Waals surface area contributed by atoms with E-state index in [2.05, 4.69) is 49.1 Å². The van der Waals surface area contributed by atoms with Crippen LogP contribution in [-0.4, -0.2) is 38.2 Å². The largest absolute Gasteiger partial charge is 0.351 e. The van der Waals surface area contributed by atoms with E-state index in [4.69, 9.17) is 0 Å². The average molecular weight is 461 g/mol. The predicted octanol–water partition coefficient (Wildman–Crippen LogP) is 3.86. The zero-order chi connectivity index (χ0) is 22.6. The Bertz CT molecular complexity index is 1220. The average Bonchev–Trinajstić information content (AvgIpc) is 3.15. The lowest BCUT2D eigenvalue weighted by Gasteiger charge is -2.30. The van der Waals surface area contributed by atoms with Crippen molar-refractivity contribution < 1.29 is 9.59 Å². The van der Waals surface area contributed by atoms with Crippen LogP contribution in [-0.2, 0) is 11.3 Å². The Morgan fingerprint density at radius 3 is 2.67 bits per heavy atom. The van der Waals surface area contributed by atoms with Crippen molar-refractivity contribution in [3.05, 3.63) is 65.0 Å². The van der Waals surface area contributed by atoms with Gasteiger partial charge in [-0.3, -0.25) is 19.9 Å².